The van der Waals surface area contributed by atoms with Crippen LogP contribution in [0.25, 0.3) is 10.1 Å². The maximum atomic E-state index is 13.2. The SMILES string of the molecule is COc1ccc(NS(=O)(=O)c2sc3ccc(Cl)cc3c2C)cc1N1CC2CNCC2C1. The van der Waals surface area contributed by atoms with Crippen LogP contribution < -0.4 is 19.7 Å². The zero-order valence-electron chi connectivity index (χ0n) is 17.3. The summed E-state index contributed by atoms with van der Waals surface area (Å²) in [5.74, 6) is 2.00. The number of benzene rings is 2. The van der Waals surface area contributed by atoms with Crippen molar-refractivity contribution in [1.29, 1.82) is 0 Å². The summed E-state index contributed by atoms with van der Waals surface area (Å²) in [5.41, 5.74) is 2.17. The molecule has 2 aromatic carbocycles. The molecule has 2 fully saturated rings. The number of thiophene rings is 1. The smallest absolute Gasteiger partial charge is 0.271 e. The van der Waals surface area contributed by atoms with Gasteiger partial charge in [-0.1, -0.05) is 11.6 Å². The Bertz CT molecular complexity index is 1250. The number of sulfonamides is 1. The Kier molecular flexibility index (Phi) is 5.29. The lowest BCUT2D eigenvalue weighted by Crippen LogP contribution is -2.26. The van der Waals surface area contributed by atoms with Crippen LogP contribution in [0, 0.1) is 18.8 Å². The van der Waals surface area contributed by atoms with E-state index in [0.717, 1.165) is 47.7 Å². The van der Waals surface area contributed by atoms with Gasteiger partial charge in [-0.3, -0.25) is 4.72 Å². The quantitative estimate of drug-likeness (QED) is 0.572. The van der Waals surface area contributed by atoms with Crippen molar-refractivity contribution in [3.63, 3.8) is 0 Å². The molecule has 2 unspecified atom stereocenters. The van der Waals surface area contributed by atoms with Gasteiger partial charge in [0.2, 0.25) is 0 Å². The number of ether oxygens (including phenoxy) is 1. The molecule has 1 aromatic heterocycles. The van der Waals surface area contributed by atoms with E-state index in [1.807, 2.05) is 31.2 Å². The highest BCUT2D eigenvalue weighted by atomic mass is 35.5. The molecule has 5 rings (SSSR count). The van der Waals surface area contributed by atoms with E-state index < -0.39 is 10.0 Å². The molecule has 0 amide bonds. The van der Waals surface area contributed by atoms with Crippen molar-refractivity contribution in [1.82, 2.24) is 5.32 Å². The molecule has 0 saturated carbocycles. The molecule has 2 N–H and O–H groups in total. The van der Waals surface area contributed by atoms with Gasteiger partial charge >= 0.3 is 0 Å². The van der Waals surface area contributed by atoms with E-state index in [9.17, 15) is 8.42 Å². The van der Waals surface area contributed by atoms with Crippen LogP contribution in [0.5, 0.6) is 5.75 Å². The van der Waals surface area contributed by atoms with Gasteiger partial charge in [0.15, 0.2) is 0 Å². The molecule has 0 radical (unpaired) electrons. The second kappa shape index (κ2) is 7.85. The van der Waals surface area contributed by atoms with Gasteiger partial charge in [0, 0.05) is 35.9 Å². The van der Waals surface area contributed by atoms with Gasteiger partial charge in [0.25, 0.3) is 10.0 Å². The van der Waals surface area contributed by atoms with Crippen molar-refractivity contribution < 1.29 is 13.2 Å². The largest absolute Gasteiger partial charge is 0.495 e. The Balaban J connectivity index is 1.46. The maximum absolute atomic E-state index is 13.2. The Morgan fingerprint density at radius 1 is 1.16 bits per heavy atom. The first-order chi connectivity index (χ1) is 14.9. The van der Waals surface area contributed by atoms with E-state index in [4.69, 9.17) is 16.3 Å². The van der Waals surface area contributed by atoms with Crippen molar-refractivity contribution in [3.8, 4) is 5.75 Å². The van der Waals surface area contributed by atoms with Crippen molar-refractivity contribution in [2.75, 3.05) is 42.9 Å². The van der Waals surface area contributed by atoms with Crippen LogP contribution in [0.3, 0.4) is 0 Å². The molecule has 0 bridgehead atoms. The minimum absolute atomic E-state index is 0.309. The van der Waals surface area contributed by atoms with E-state index in [0.29, 0.717) is 32.3 Å². The molecule has 6 nitrogen and oxygen atoms in total. The van der Waals surface area contributed by atoms with Gasteiger partial charge in [-0.15, -0.1) is 11.3 Å². The fraction of sp³-hybridized carbons (Fsp3) is 0.364. The van der Waals surface area contributed by atoms with Crippen LogP contribution in [-0.2, 0) is 10.0 Å². The number of rotatable bonds is 5. The average molecular weight is 478 g/mol. The minimum atomic E-state index is -3.74. The van der Waals surface area contributed by atoms with E-state index in [-0.39, 0.29) is 0 Å². The molecule has 3 aromatic rings. The summed E-state index contributed by atoms with van der Waals surface area (Å²) < 4.78 is 36.0. The lowest BCUT2D eigenvalue weighted by molar-refractivity contribution is 0.414. The Morgan fingerprint density at radius 2 is 1.90 bits per heavy atom. The highest BCUT2D eigenvalue weighted by Gasteiger charge is 2.37. The maximum Gasteiger partial charge on any atom is 0.271 e. The summed E-state index contributed by atoms with van der Waals surface area (Å²) in [6, 6.07) is 10.9. The van der Waals surface area contributed by atoms with E-state index in [2.05, 4.69) is 14.9 Å². The van der Waals surface area contributed by atoms with E-state index in [1.165, 1.54) is 11.3 Å². The Morgan fingerprint density at radius 3 is 2.61 bits per heavy atom. The summed E-state index contributed by atoms with van der Waals surface area (Å²) in [4.78, 5) is 2.31. The molecular formula is C22H24ClN3O3S2. The van der Waals surface area contributed by atoms with E-state index >= 15 is 0 Å². The topological polar surface area (TPSA) is 70.7 Å². The number of methoxy groups -OCH3 is 1. The Hall–Kier alpha value is -2.00. The van der Waals surface area contributed by atoms with Crippen molar-refractivity contribution in [3.05, 3.63) is 47.0 Å². The fourth-order valence-electron chi connectivity index (χ4n) is 4.68. The molecule has 2 aliphatic rings. The zero-order chi connectivity index (χ0) is 21.8. The zero-order valence-corrected chi connectivity index (χ0v) is 19.7. The number of hydrogen-bond donors (Lipinski definition) is 2. The number of nitrogens with one attached hydrogen (secondary N) is 2. The standard InChI is InChI=1S/C22H24ClN3O3S2/c1-13-18-7-16(23)3-6-21(18)30-22(13)31(27,28)25-17-4-5-20(29-2)19(8-17)26-11-14-9-24-10-15(14)12-26/h3-8,14-15,24-25H,9-12H2,1-2H3. The molecule has 0 aliphatic carbocycles. The summed E-state index contributed by atoms with van der Waals surface area (Å²) in [6.07, 6.45) is 0. The van der Waals surface area contributed by atoms with Crippen molar-refractivity contribution in [2.45, 2.75) is 11.1 Å². The third-order valence-electron chi connectivity index (χ3n) is 6.26. The van der Waals surface area contributed by atoms with Gasteiger partial charge in [-0.2, -0.15) is 0 Å². The highest BCUT2D eigenvalue weighted by molar-refractivity contribution is 7.94. The molecule has 164 valence electrons. The highest BCUT2D eigenvalue weighted by Crippen LogP contribution is 2.39. The predicted octanol–water partition coefficient (Wildman–Crippen LogP) is 4.33. The van der Waals surface area contributed by atoms with Gasteiger partial charge in [-0.25, -0.2) is 8.42 Å². The summed E-state index contributed by atoms with van der Waals surface area (Å²) >= 11 is 7.36. The number of nitrogens with zero attached hydrogens (tertiary/aromatic N) is 1. The molecular weight excluding hydrogens is 454 g/mol. The van der Waals surface area contributed by atoms with Crippen LogP contribution in [0.15, 0.2) is 40.6 Å². The van der Waals surface area contributed by atoms with Crippen LogP contribution in [0.4, 0.5) is 11.4 Å². The Labute approximate surface area is 191 Å². The summed E-state index contributed by atoms with van der Waals surface area (Å²) in [6.45, 7) is 5.77. The van der Waals surface area contributed by atoms with Crippen LogP contribution in [0.2, 0.25) is 5.02 Å². The van der Waals surface area contributed by atoms with Crippen LogP contribution in [-0.4, -0.2) is 41.7 Å². The van der Waals surface area contributed by atoms with Crippen molar-refractivity contribution in [2.24, 2.45) is 11.8 Å². The normalized spacial score (nSPS) is 20.9. The molecule has 0 spiro atoms. The third-order valence-corrected chi connectivity index (χ3v) is 9.77. The molecule has 2 aliphatic heterocycles. The fourth-order valence-corrected chi connectivity index (χ4v) is 7.65. The first-order valence-corrected chi connectivity index (χ1v) is 12.9. The second-order valence-electron chi connectivity index (χ2n) is 8.23. The number of halogens is 1. The van der Waals surface area contributed by atoms with E-state index in [1.54, 1.807) is 19.2 Å². The first kappa shape index (κ1) is 20.9. The first-order valence-electron chi connectivity index (χ1n) is 10.2. The van der Waals surface area contributed by atoms with Gasteiger partial charge in [-0.05, 0) is 66.1 Å². The van der Waals surface area contributed by atoms with Gasteiger partial charge in [0.1, 0.15) is 9.96 Å². The predicted molar refractivity (Wildman–Crippen MR) is 127 cm³/mol. The molecule has 9 heteroatoms. The number of fused-ring (bicyclic) bond motifs is 2. The van der Waals surface area contributed by atoms with Gasteiger partial charge < -0.3 is 15.0 Å². The molecule has 3 heterocycles. The molecule has 2 saturated heterocycles. The lowest BCUT2D eigenvalue weighted by atomic mass is 10.0. The molecule has 31 heavy (non-hydrogen) atoms. The summed E-state index contributed by atoms with van der Waals surface area (Å²) in [5, 5.41) is 4.91. The van der Waals surface area contributed by atoms with Crippen LogP contribution >= 0.6 is 22.9 Å². The minimum Gasteiger partial charge on any atom is -0.495 e. The average Bonchev–Trinajstić information content (AvgIpc) is 3.42. The lowest BCUT2D eigenvalue weighted by Gasteiger charge is -2.23. The monoisotopic (exact) mass is 477 g/mol. The second-order valence-corrected chi connectivity index (χ2v) is 11.6. The number of anilines is 2. The van der Waals surface area contributed by atoms with Crippen molar-refractivity contribution >= 4 is 54.4 Å². The van der Waals surface area contributed by atoms with Gasteiger partial charge in [0.05, 0.1) is 18.5 Å². The number of aryl methyl sites for hydroxylation is 1. The summed E-state index contributed by atoms with van der Waals surface area (Å²) in [7, 11) is -2.09. The van der Waals surface area contributed by atoms with Crippen LogP contribution in [0.1, 0.15) is 5.56 Å². The number of hydrogen-bond acceptors (Lipinski definition) is 6. The molecule has 2 atom stereocenters. The third kappa shape index (κ3) is 3.75.